The van der Waals surface area contributed by atoms with Gasteiger partial charge in [0.25, 0.3) is 0 Å². The average molecular weight is 489 g/mol. The fourth-order valence-electron chi connectivity index (χ4n) is 3.27. The predicted molar refractivity (Wildman–Crippen MR) is 118 cm³/mol. The van der Waals surface area contributed by atoms with Crippen molar-refractivity contribution < 1.29 is 4.74 Å². The number of hydrogen-bond donors (Lipinski definition) is 1. The van der Waals surface area contributed by atoms with Crippen molar-refractivity contribution in [3.05, 3.63) is 52.8 Å². The lowest BCUT2D eigenvalue weighted by atomic mass is 9.93. The molecular formula is C19H26ClIN4O. The summed E-state index contributed by atoms with van der Waals surface area (Å²) in [5, 5.41) is 4.26. The number of hydrogen-bond acceptors (Lipinski definition) is 2. The fraction of sp³-hybridized carbons (Fsp3) is 0.421. The molecule has 5 nitrogen and oxygen atoms in total. The van der Waals surface area contributed by atoms with E-state index in [1.165, 1.54) is 5.56 Å². The van der Waals surface area contributed by atoms with Gasteiger partial charge in [-0.25, -0.2) is 0 Å². The third-order valence-corrected chi connectivity index (χ3v) is 4.84. The van der Waals surface area contributed by atoms with Crippen LogP contribution in [0.2, 0.25) is 5.02 Å². The number of nitrogens with zero attached hydrogens (tertiary/aromatic N) is 3. The lowest BCUT2D eigenvalue weighted by Gasteiger charge is -2.28. The molecule has 26 heavy (non-hydrogen) atoms. The average Bonchev–Trinajstić information content (AvgIpc) is 2.92. The molecule has 1 aromatic heterocycles. The lowest BCUT2D eigenvalue weighted by Crippen LogP contribution is -2.41. The molecule has 0 amide bonds. The summed E-state index contributed by atoms with van der Waals surface area (Å²) in [7, 11) is 5.85. The highest BCUT2D eigenvalue weighted by molar-refractivity contribution is 14.0. The Morgan fingerprint density at radius 2 is 2.19 bits per heavy atom. The molecule has 1 N–H and O–H groups in total. The summed E-state index contributed by atoms with van der Waals surface area (Å²) in [6.45, 7) is 2.35. The van der Waals surface area contributed by atoms with Crippen molar-refractivity contribution in [2.45, 2.75) is 18.9 Å². The monoisotopic (exact) mass is 488 g/mol. The van der Waals surface area contributed by atoms with Gasteiger partial charge in [-0.05, 0) is 24.1 Å². The molecule has 1 aliphatic rings. The topological polar surface area (TPSA) is 41.8 Å². The van der Waals surface area contributed by atoms with Crippen LogP contribution in [-0.2, 0) is 13.6 Å². The first kappa shape index (κ1) is 20.9. The van der Waals surface area contributed by atoms with Crippen LogP contribution in [0.15, 0.2) is 41.5 Å². The molecule has 0 aliphatic carbocycles. The molecular weight excluding hydrogens is 463 g/mol. The maximum atomic E-state index is 6.08. The Labute approximate surface area is 177 Å². The Hall–Kier alpha value is -1.41. The van der Waals surface area contributed by atoms with Crippen molar-refractivity contribution >= 4 is 41.5 Å². The number of guanidine groups is 1. The number of rotatable bonds is 4. The van der Waals surface area contributed by atoms with Gasteiger partial charge in [0.15, 0.2) is 5.96 Å². The number of nitrogens with one attached hydrogen (secondary N) is 1. The minimum Gasteiger partial charge on any atom is -0.493 e. The van der Waals surface area contributed by atoms with Gasteiger partial charge in [-0.3, -0.25) is 4.99 Å². The molecule has 0 spiro atoms. The number of ether oxygens (including phenoxy) is 1. The molecule has 1 aliphatic heterocycles. The number of aliphatic imine (C=N–C) groups is 1. The summed E-state index contributed by atoms with van der Waals surface area (Å²) in [6, 6.07) is 10.3. The highest BCUT2D eigenvalue weighted by Crippen LogP contribution is 2.32. The van der Waals surface area contributed by atoms with Gasteiger partial charge in [-0.2, -0.15) is 0 Å². The van der Waals surface area contributed by atoms with Gasteiger partial charge < -0.3 is 19.5 Å². The fourth-order valence-corrected chi connectivity index (χ4v) is 3.54. The Morgan fingerprint density at radius 1 is 1.42 bits per heavy atom. The maximum Gasteiger partial charge on any atom is 0.193 e. The zero-order chi connectivity index (χ0) is 17.8. The van der Waals surface area contributed by atoms with Crippen LogP contribution in [0.4, 0.5) is 0 Å². The van der Waals surface area contributed by atoms with E-state index in [1.54, 1.807) is 0 Å². The van der Waals surface area contributed by atoms with E-state index in [2.05, 4.69) is 27.3 Å². The first-order valence-corrected chi connectivity index (χ1v) is 8.90. The van der Waals surface area contributed by atoms with E-state index >= 15 is 0 Å². The molecule has 0 fully saturated rings. The van der Waals surface area contributed by atoms with Gasteiger partial charge in [-0.1, -0.05) is 29.8 Å². The van der Waals surface area contributed by atoms with E-state index in [1.807, 2.05) is 50.1 Å². The van der Waals surface area contributed by atoms with Gasteiger partial charge in [-0.15, -0.1) is 24.0 Å². The van der Waals surface area contributed by atoms with Crippen LogP contribution >= 0.6 is 35.6 Å². The standard InChI is InChI=1S/C19H25ClN4O.HI/c1-21-19(24(3)13-16-10-15(20)12-23(16)2)22-11-14-8-9-25-18-7-5-4-6-17(14)18;/h4-7,10,12,14H,8-9,11,13H2,1-3H3,(H,21,22);1H. The van der Waals surface area contributed by atoms with Gasteiger partial charge >= 0.3 is 0 Å². The van der Waals surface area contributed by atoms with Crippen LogP contribution in [0.1, 0.15) is 23.6 Å². The van der Waals surface area contributed by atoms with Crippen LogP contribution in [0.3, 0.4) is 0 Å². The molecule has 0 saturated carbocycles. The van der Waals surface area contributed by atoms with Crippen LogP contribution in [-0.4, -0.2) is 42.7 Å². The maximum absolute atomic E-state index is 6.08. The van der Waals surface area contributed by atoms with Gasteiger partial charge in [0, 0.05) is 45.5 Å². The zero-order valence-corrected chi connectivity index (χ0v) is 18.5. The van der Waals surface area contributed by atoms with Crippen molar-refractivity contribution in [1.29, 1.82) is 0 Å². The lowest BCUT2D eigenvalue weighted by molar-refractivity contribution is 0.266. The quantitative estimate of drug-likeness (QED) is 0.404. The minimum atomic E-state index is 0. The molecule has 1 atom stereocenters. The van der Waals surface area contributed by atoms with Crippen LogP contribution in [0, 0.1) is 0 Å². The van der Waals surface area contributed by atoms with Gasteiger partial charge in [0.1, 0.15) is 5.75 Å². The van der Waals surface area contributed by atoms with Gasteiger partial charge in [0.05, 0.1) is 18.2 Å². The van der Waals surface area contributed by atoms with Crippen molar-refractivity contribution in [1.82, 2.24) is 14.8 Å². The molecule has 3 rings (SSSR count). The highest BCUT2D eigenvalue weighted by atomic mass is 127. The number of benzene rings is 1. The van der Waals surface area contributed by atoms with Crippen molar-refractivity contribution in [2.24, 2.45) is 12.0 Å². The number of halogens is 2. The third kappa shape index (κ3) is 4.85. The molecule has 2 heterocycles. The summed E-state index contributed by atoms with van der Waals surface area (Å²) in [5.41, 5.74) is 2.42. The van der Waals surface area contributed by atoms with E-state index in [4.69, 9.17) is 16.3 Å². The summed E-state index contributed by atoms with van der Waals surface area (Å²) in [6.07, 6.45) is 2.93. The number of aryl methyl sites for hydroxylation is 1. The Balaban J connectivity index is 0.00000243. The number of para-hydroxylation sites is 1. The second-order valence-electron chi connectivity index (χ2n) is 6.42. The van der Waals surface area contributed by atoms with E-state index in [0.717, 1.165) is 48.5 Å². The summed E-state index contributed by atoms with van der Waals surface area (Å²) in [5.74, 6) is 2.31. The SMILES string of the molecule is CN=C(NCC1CCOc2ccccc21)N(C)Cc1cc(Cl)cn1C.I. The Bertz CT molecular complexity index is 762. The van der Waals surface area contributed by atoms with E-state index in [9.17, 15) is 0 Å². The first-order valence-electron chi connectivity index (χ1n) is 8.52. The third-order valence-electron chi connectivity index (χ3n) is 4.64. The second-order valence-corrected chi connectivity index (χ2v) is 6.85. The zero-order valence-electron chi connectivity index (χ0n) is 15.4. The summed E-state index contributed by atoms with van der Waals surface area (Å²) in [4.78, 5) is 6.53. The predicted octanol–water partition coefficient (Wildman–Crippen LogP) is 3.87. The largest absolute Gasteiger partial charge is 0.493 e. The molecule has 0 saturated heterocycles. The van der Waals surface area contributed by atoms with Crippen molar-refractivity contribution in [3.63, 3.8) is 0 Å². The molecule has 0 bridgehead atoms. The first-order chi connectivity index (χ1) is 12.1. The van der Waals surface area contributed by atoms with Crippen LogP contribution < -0.4 is 10.1 Å². The van der Waals surface area contributed by atoms with Crippen LogP contribution in [0.25, 0.3) is 0 Å². The Morgan fingerprint density at radius 3 is 2.88 bits per heavy atom. The number of aromatic nitrogens is 1. The molecule has 2 aromatic rings. The summed E-state index contributed by atoms with van der Waals surface area (Å²) >= 11 is 6.08. The smallest absolute Gasteiger partial charge is 0.193 e. The molecule has 1 aromatic carbocycles. The van der Waals surface area contributed by atoms with Crippen molar-refractivity contribution in [3.8, 4) is 5.75 Å². The minimum absolute atomic E-state index is 0. The van der Waals surface area contributed by atoms with E-state index in [-0.39, 0.29) is 24.0 Å². The molecule has 7 heteroatoms. The molecule has 1 unspecified atom stereocenters. The van der Waals surface area contributed by atoms with E-state index in [0.29, 0.717) is 5.92 Å². The summed E-state index contributed by atoms with van der Waals surface area (Å²) < 4.78 is 7.79. The highest BCUT2D eigenvalue weighted by Gasteiger charge is 2.21. The second kappa shape index (κ2) is 9.50. The number of fused-ring (bicyclic) bond motifs is 1. The van der Waals surface area contributed by atoms with Crippen LogP contribution in [0.5, 0.6) is 5.75 Å². The normalized spacial score (nSPS) is 16.3. The molecule has 0 radical (unpaired) electrons. The molecule has 142 valence electrons. The van der Waals surface area contributed by atoms with Crippen molar-refractivity contribution in [2.75, 3.05) is 27.2 Å². The van der Waals surface area contributed by atoms with Gasteiger partial charge in [0.2, 0.25) is 0 Å². The van der Waals surface area contributed by atoms with E-state index < -0.39 is 0 Å². The Kier molecular flexibility index (Phi) is 7.64.